The normalized spacial score (nSPS) is 25.1. The minimum atomic E-state index is -1.15. The van der Waals surface area contributed by atoms with Crippen LogP contribution in [-0.2, 0) is 33.3 Å². The monoisotopic (exact) mass is 580 g/mol. The van der Waals surface area contributed by atoms with E-state index >= 15 is 0 Å². The van der Waals surface area contributed by atoms with Crippen molar-refractivity contribution in [3.63, 3.8) is 0 Å². The van der Waals surface area contributed by atoms with Gasteiger partial charge in [0, 0.05) is 41.2 Å². The second kappa shape index (κ2) is 11.7. The summed E-state index contributed by atoms with van der Waals surface area (Å²) in [4.78, 5) is 42.4. The minimum Gasteiger partial charge on any atom is -0.463 e. The smallest absolute Gasteiger partial charge is 0.303 e. The molecule has 1 saturated heterocycles. The molecule has 1 aromatic heterocycles. The van der Waals surface area contributed by atoms with E-state index in [-0.39, 0.29) is 6.61 Å². The molecule has 1 aliphatic rings. The highest BCUT2D eigenvalue weighted by Gasteiger charge is 2.50. The molecule has 0 aliphatic carbocycles. The molecular weight excluding hydrogens is 564 g/mol. The maximum atomic E-state index is 11.8. The van der Waals surface area contributed by atoms with Gasteiger partial charge in [-0.25, -0.2) is 4.98 Å². The van der Waals surface area contributed by atoms with Gasteiger partial charge in [-0.05, 0) is 43.5 Å². The van der Waals surface area contributed by atoms with Crippen LogP contribution in [0.1, 0.15) is 20.8 Å². The Morgan fingerprint density at radius 3 is 2.42 bits per heavy atom. The summed E-state index contributed by atoms with van der Waals surface area (Å²) in [5.74, 6) is -1.90. The molecule has 0 aromatic carbocycles. The van der Waals surface area contributed by atoms with E-state index < -0.39 is 47.7 Å². The zero-order valence-electron chi connectivity index (χ0n) is 16.6. The first kappa shape index (κ1) is 25.4. The lowest BCUT2D eigenvalue weighted by molar-refractivity contribution is -0.201. The molecule has 0 radical (unpaired) electrons. The van der Waals surface area contributed by atoms with Gasteiger partial charge in [0.1, 0.15) is 41.0 Å². The molecule has 1 fully saturated rings. The Morgan fingerprint density at radius 2 is 1.84 bits per heavy atom. The zero-order chi connectivity index (χ0) is 23.1. The van der Waals surface area contributed by atoms with Crippen molar-refractivity contribution in [1.82, 2.24) is 4.98 Å². The van der Waals surface area contributed by atoms with Gasteiger partial charge in [-0.1, -0.05) is 16.9 Å². The number of hydrogen-bond acceptors (Lipinski definition) is 10. The number of hydrogen-bond donors (Lipinski definition) is 0. The average molecular weight is 582 g/mol. The molecule has 0 amide bonds. The Balaban J connectivity index is 2.47. The Bertz CT molecular complexity index is 899. The average Bonchev–Trinajstić information content (AvgIpc) is 2.67. The number of azide groups is 1. The van der Waals surface area contributed by atoms with Gasteiger partial charge in [0.25, 0.3) is 0 Å². The fraction of sp³-hybridized carbons (Fsp3) is 0.529. The van der Waals surface area contributed by atoms with Crippen LogP contribution in [0.3, 0.4) is 0 Å². The summed E-state index contributed by atoms with van der Waals surface area (Å²) in [5.41, 5.74) is 8.20. The lowest BCUT2D eigenvalue weighted by atomic mass is 9.97. The van der Waals surface area contributed by atoms with E-state index in [9.17, 15) is 14.4 Å². The van der Waals surface area contributed by atoms with Gasteiger partial charge < -0.3 is 18.9 Å². The van der Waals surface area contributed by atoms with E-state index in [2.05, 4.69) is 46.9 Å². The van der Waals surface area contributed by atoms with Crippen molar-refractivity contribution in [2.45, 2.75) is 55.5 Å². The molecule has 1 aliphatic heterocycles. The van der Waals surface area contributed by atoms with Gasteiger partial charge in [0.05, 0.1) is 0 Å². The summed E-state index contributed by atoms with van der Waals surface area (Å²) >= 11 is 7.83. The van der Waals surface area contributed by atoms with E-state index in [0.29, 0.717) is 14.0 Å². The number of nitrogens with zero attached hydrogens (tertiary/aromatic N) is 4. The van der Waals surface area contributed by atoms with Crippen LogP contribution in [0.2, 0.25) is 0 Å². The fourth-order valence-electron chi connectivity index (χ4n) is 2.78. The Morgan fingerprint density at radius 1 is 1.19 bits per heavy atom. The van der Waals surface area contributed by atoms with Crippen molar-refractivity contribution < 1.29 is 33.3 Å². The summed E-state index contributed by atoms with van der Waals surface area (Å²) in [7, 11) is 0. The molecule has 168 valence electrons. The number of thioether (sulfide) groups is 1. The van der Waals surface area contributed by atoms with Crippen molar-refractivity contribution in [3.8, 4) is 0 Å². The van der Waals surface area contributed by atoms with Crippen LogP contribution in [0.4, 0.5) is 0 Å². The molecule has 0 saturated carbocycles. The molecule has 2 rings (SSSR count). The molecule has 1 aromatic rings. The number of esters is 3. The quantitative estimate of drug-likeness (QED) is 0.118. The first-order valence-electron chi connectivity index (χ1n) is 8.77. The molecule has 0 bridgehead atoms. The van der Waals surface area contributed by atoms with E-state index in [1.807, 2.05) is 0 Å². The molecule has 5 atom stereocenters. The molecule has 0 N–H and O–H groups in total. The Hall–Kier alpha value is -1.86. The number of rotatable bonds is 7. The van der Waals surface area contributed by atoms with Crippen LogP contribution in [0.5, 0.6) is 0 Å². The van der Waals surface area contributed by atoms with E-state index in [1.54, 1.807) is 12.3 Å². The van der Waals surface area contributed by atoms with E-state index in [4.69, 9.17) is 24.5 Å². The van der Waals surface area contributed by atoms with Gasteiger partial charge in [0.15, 0.2) is 0 Å². The lowest BCUT2D eigenvalue weighted by Gasteiger charge is -2.43. The van der Waals surface area contributed by atoms with Crippen molar-refractivity contribution in [2.75, 3.05) is 6.61 Å². The summed E-state index contributed by atoms with van der Waals surface area (Å²) in [6.07, 6.45) is -1.66. The third-order valence-corrected chi connectivity index (χ3v) is 6.38. The van der Waals surface area contributed by atoms with Crippen molar-refractivity contribution in [2.24, 2.45) is 5.11 Å². The predicted octanol–water partition coefficient (Wildman–Crippen LogP) is 3.53. The highest BCUT2D eigenvalue weighted by atomic mass is 79.9. The zero-order valence-corrected chi connectivity index (χ0v) is 20.5. The second-order valence-corrected chi connectivity index (χ2v) is 9.06. The number of halogens is 2. The molecule has 11 nitrogen and oxygen atoms in total. The lowest BCUT2D eigenvalue weighted by Crippen LogP contribution is -2.59. The fourth-order valence-corrected chi connectivity index (χ4v) is 4.90. The van der Waals surface area contributed by atoms with Crippen LogP contribution in [0.25, 0.3) is 10.4 Å². The SMILES string of the molecule is CC(=O)OCC1O[C@H](Sc2cc(Br)cnc2Br)C(OC(C)=O)C(N=[N+]=[N-])[C@H]1OC(C)=O. The van der Waals surface area contributed by atoms with Crippen LogP contribution in [0, 0.1) is 0 Å². The maximum absolute atomic E-state index is 11.8. The highest BCUT2D eigenvalue weighted by Crippen LogP contribution is 2.40. The van der Waals surface area contributed by atoms with Gasteiger partial charge in [-0.3, -0.25) is 14.4 Å². The van der Waals surface area contributed by atoms with Crippen LogP contribution in [0.15, 0.2) is 31.3 Å². The third-order valence-electron chi connectivity index (χ3n) is 3.87. The molecule has 14 heteroatoms. The number of ether oxygens (including phenoxy) is 4. The highest BCUT2D eigenvalue weighted by molar-refractivity contribution is 9.11. The summed E-state index contributed by atoms with van der Waals surface area (Å²) in [6.45, 7) is 3.30. The molecule has 3 unspecified atom stereocenters. The van der Waals surface area contributed by atoms with Crippen LogP contribution < -0.4 is 0 Å². The molecule has 2 heterocycles. The number of pyridine rings is 1. The van der Waals surface area contributed by atoms with Crippen LogP contribution >= 0.6 is 43.6 Å². The Kier molecular flexibility index (Phi) is 9.56. The number of aromatic nitrogens is 1. The summed E-state index contributed by atoms with van der Waals surface area (Å²) in [6, 6.07) is 0.626. The summed E-state index contributed by atoms with van der Waals surface area (Å²) < 4.78 is 23.0. The van der Waals surface area contributed by atoms with E-state index in [1.165, 1.54) is 20.8 Å². The van der Waals surface area contributed by atoms with Gasteiger partial charge >= 0.3 is 17.9 Å². The number of carbonyl (C=O) groups is 3. The van der Waals surface area contributed by atoms with E-state index in [0.717, 1.165) is 11.8 Å². The summed E-state index contributed by atoms with van der Waals surface area (Å²) in [5, 5.41) is 3.72. The molecule has 0 spiro atoms. The van der Waals surface area contributed by atoms with Crippen molar-refractivity contribution >= 4 is 61.5 Å². The van der Waals surface area contributed by atoms with Crippen molar-refractivity contribution in [1.29, 1.82) is 0 Å². The molecule has 31 heavy (non-hydrogen) atoms. The molecular formula is C17H18Br2N4O7S. The standard InChI is InChI=1S/C17H18Br2N4O7S/c1-7(24)27-6-11-14(28-8(2)25)13(22-23-20)15(29-9(3)26)17(30-11)31-12-4-10(18)5-21-16(12)19/h4-5,11,13-15,17H,6H2,1-3H3/t11?,13?,14-,15?,17+/m0/s1. The van der Waals surface area contributed by atoms with Gasteiger partial charge in [0.2, 0.25) is 0 Å². The second-order valence-electron chi connectivity index (χ2n) is 6.25. The Labute approximate surface area is 198 Å². The first-order chi connectivity index (χ1) is 14.6. The third kappa shape index (κ3) is 7.35. The van der Waals surface area contributed by atoms with Gasteiger partial charge in [-0.15, -0.1) is 0 Å². The first-order valence-corrected chi connectivity index (χ1v) is 11.2. The number of carbonyl (C=O) groups excluding carboxylic acids is 3. The minimum absolute atomic E-state index is 0.271. The van der Waals surface area contributed by atoms with Crippen LogP contribution in [-0.4, -0.2) is 59.3 Å². The largest absolute Gasteiger partial charge is 0.463 e. The maximum Gasteiger partial charge on any atom is 0.303 e. The van der Waals surface area contributed by atoms with Crippen molar-refractivity contribution in [3.05, 3.63) is 31.8 Å². The topological polar surface area (TPSA) is 150 Å². The predicted molar refractivity (Wildman–Crippen MR) is 115 cm³/mol. The van der Waals surface area contributed by atoms with Gasteiger partial charge in [-0.2, -0.15) is 0 Å².